The summed E-state index contributed by atoms with van der Waals surface area (Å²) in [4.78, 5) is 12.2. The molecule has 118 valence electrons. The second-order valence-electron chi connectivity index (χ2n) is 5.37. The summed E-state index contributed by atoms with van der Waals surface area (Å²) in [5.74, 6) is -0.365. The highest BCUT2D eigenvalue weighted by atomic mass is 32.2. The molecule has 0 heterocycles. The number of esters is 1. The molecule has 0 aliphatic rings. The van der Waals surface area contributed by atoms with E-state index in [1.54, 1.807) is 0 Å². The van der Waals surface area contributed by atoms with Gasteiger partial charge >= 0.3 is 5.97 Å². The number of sulfone groups is 1. The van der Waals surface area contributed by atoms with E-state index in [0.29, 0.717) is 5.56 Å². The fourth-order valence-corrected chi connectivity index (χ4v) is 3.37. The molecule has 0 aliphatic carbocycles. The second-order valence-corrected chi connectivity index (χ2v) is 7.35. The van der Waals surface area contributed by atoms with Crippen LogP contribution in [0, 0.1) is 0 Å². The lowest BCUT2D eigenvalue weighted by atomic mass is 9.92. The quantitative estimate of drug-likeness (QED) is 0.756. The Hall–Kier alpha value is -1.36. The first-order valence-electron chi connectivity index (χ1n) is 7.21. The molecule has 21 heavy (non-hydrogen) atoms. The molecule has 0 saturated heterocycles. The van der Waals surface area contributed by atoms with Crippen molar-refractivity contribution in [2.45, 2.75) is 50.8 Å². The molecule has 1 aromatic rings. The van der Waals surface area contributed by atoms with Crippen molar-refractivity contribution in [3.8, 4) is 0 Å². The number of aryl methyl sites for hydroxylation is 1. The largest absolute Gasteiger partial charge is 0.465 e. The number of hydrogen-bond acceptors (Lipinski definition) is 4. The lowest BCUT2D eigenvalue weighted by Gasteiger charge is -2.18. The van der Waals surface area contributed by atoms with E-state index < -0.39 is 15.8 Å². The fourth-order valence-electron chi connectivity index (χ4n) is 2.35. The molecule has 4 nitrogen and oxygen atoms in total. The Kier molecular flexibility index (Phi) is 5.96. The van der Waals surface area contributed by atoms with Gasteiger partial charge in [-0.05, 0) is 36.0 Å². The molecule has 5 heteroatoms. The Balaban J connectivity index is 3.65. The molecule has 0 fully saturated rings. The summed E-state index contributed by atoms with van der Waals surface area (Å²) in [7, 11) is -2.09. The highest BCUT2D eigenvalue weighted by molar-refractivity contribution is 7.90. The highest BCUT2D eigenvalue weighted by Gasteiger charge is 2.22. The fraction of sp³-hybridized carbons (Fsp3) is 0.562. The van der Waals surface area contributed by atoms with E-state index in [1.807, 2.05) is 26.8 Å². The third-order valence-corrected chi connectivity index (χ3v) is 4.86. The van der Waals surface area contributed by atoms with Gasteiger partial charge in [0.2, 0.25) is 0 Å². The standard InChI is InChI=1S/C16H24O4S/c1-6-8-12-9-13(11(3)7-2)15(21(5,18)19)10-14(12)16(17)20-4/h9-11H,6-8H2,1-5H3. The maximum atomic E-state index is 12.1. The van der Waals surface area contributed by atoms with Crippen molar-refractivity contribution in [1.29, 1.82) is 0 Å². The molecular weight excluding hydrogens is 288 g/mol. The van der Waals surface area contributed by atoms with E-state index in [0.717, 1.165) is 30.4 Å². The van der Waals surface area contributed by atoms with Crippen LogP contribution in [0.2, 0.25) is 0 Å². The van der Waals surface area contributed by atoms with Crippen LogP contribution in [-0.4, -0.2) is 27.8 Å². The lowest BCUT2D eigenvalue weighted by Crippen LogP contribution is -2.12. The third-order valence-electron chi connectivity index (χ3n) is 3.70. The van der Waals surface area contributed by atoms with Gasteiger partial charge < -0.3 is 4.74 Å². The van der Waals surface area contributed by atoms with E-state index in [-0.39, 0.29) is 10.8 Å². The molecule has 0 aromatic heterocycles. The smallest absolute Gasteiger partial charge is 0.338 e. The minimum absolute atomic E-state index is 0.122. The first-order valence-corrected chi connectivity index (χ1v) is 9.10. The van der Waals surface area contributed by atoms with Crippen LogP contribution in [0.3, 0.4) is 0 Å². The molecule has 0 saturated carbocycles. The summed E-state index contributed by atoms with van der Waals surface area (Å²) < 4.78 is 28.9. The molecule has 0 radical (unpaired) electrons. The summed E-state index contributed by atoms with van der Waals surface area (Å²) in [6, 6.07) is 3.34. The summed E-state index contributed by atoms with van der Waals surface area (Å²) in [6.07, 6.45) is 3.61. The van der Waals surface area contributed by atoms with Crippen LogP contribution >= 0.6 is 0 Å². The van der Waals surface area contributed by atoms with Crippen molar-refractivity contribution in [1.82, 2.24) is 0 Å². The number of carbonyl (C=O) groups excluding carboxylic acids is 1. The lowest BCUT2D eigenvalue weighted by molar-refractivity contribution is 0.0599. The molecule has 1 unspecified atom stereocenters. The Bertz CT molecular complexity index is 617. The zero-order valence-corrected chi connectivity index (χ0v) is 14.2. The normalized spacial score (nSPS) is 13.0. The molecular formula is C16H24O4S. The van der Waals surface area contributed by atoms with Gasteiger partial charge in [0.05, 0.1) is 17.6 Å². The monoisotopic (exact) mass is 312 g/mol. The number of carbonyl (C=O) groups is 1. The predicted molar refractivity (Wildman–Crippen MR) is 83.6 cm³/mol. The van der Waals surface area contributed by atoms with Gasteiger partial charge in [-0.3, -0.25) is 0 Å². The van der Waals surface area contributed by atoms with Crippen LogP contribution < -0.4 is 0 Å². The first-order chi connectivity index (χ1) is 9.76. The Morgan fingerprint density at radius 2 is 1.90 bits per heavy atom. The van der Waals surface area contributed by atoms with Gasteiger partial charge in [-0.1, -0.05) is 33.3 Å². The maximum absolute atomic E-state index is 12.1. The second kappa shape index (κ2) is 7.07. The molecule has 1 atom stereocenters. The van der Waals surface area contributed by atoms with E-state index in [9.17, 15) is 13.2 Å². The molecule has 0 aliphatic heterocycles. The minimum atomic E-state index is -3.39. The van der Waals surface area contributed by atoms with Crippen molar-refractivity contribution in [2.24, 2.45) is 0 Å². The Morgan fingerprint density at radius 3 is 2.33 bits per heavy atom. The number of ether oxygens (including phenoxy) is 1. The van der Waals surface area contributed by atoms with Crippen molar-refractivity contribution in [3.05, 3.63) is 28.8 Å². The van der Waals surface area contributed by atoms with Gasteiger partial charge in [0, 0.05) is 6.26 Å². The highest BCUT2D eigenvalue weighted by Crippen LogP contribution is 2.30. The van der Waals surface area contributed by atoms with Crippen LogP contribution in [0.15, 0.2) is 17.0 Å². The molecule has 0 amide bonds. The average Bonchev–Trinajstić information content (AvgIpc) is 2.44. The number of hydrogen-bond donors (Lipinski definition) is 0. The van der Waals surface area contributed by atoms with Crippen LogP contribution in [-0.2, 0) is 21.0 Å². The molecule has 1 aromatic carbocycles. The predicted octanol–water partition coefficient (Wildman–Crippen LogP) is 3.34. The van der Waals surface area contributed by atoms with Gasteiger partial charge in [0.1, 0.15) is 0 Å². The van der Waals surface area contributed by atoms with Gasteiger partial charge in [0.25, 0.3) is 0 Å². The van der Waals surface area contributed by atoms with E-state index in [4.69, 9.17) is 4.74 Å². The van der Waals surface area contributed by atoms with E-state index >= 15 is 0 Å². The number of benzene rings is 1. The summed E-state index contributed by atoms with van der Waals surface area (Å²) in [5.41, 5.74) is 2.00. The number of rotatable bonds is 6. The van der Waals surface area contributed by atoms with Crippen molar-refractivity contribution in [3.63, 3.8) is 0 Å². The SMILES string of the molecule is CCCc1cc(C(C)CC)c(S(C)(=O)=O)cc1C(=O)OC. The van der Waals surface area contributed by atoms with Crippen molar-refractivity contribution < 1.29 is 17.9 Å². The number of methoxy groups -OCH3 is 1. The van der Waals surface area contributed by atoms with Gasteiger partial charge in [-0.15, -0.1) is 0 Å². The summed E-state index contributed by atoms with van der Waals surface area (Å²) in [6.45, 7) is 6.04. The van der Waals surface area contributed by atoms with E-state index in [1.165, 1.54) is 19.4 Å². The molecule has 1 rings (SSSR count). The van der Waals surface area contributed by atoms with Crippen LogP contribution in [0.1, 0.15) is 61.0 Å². The van der Waals surface area contributed by atoms with Crippen molar-refractivity contribution >= 4 is 15.8 Å². The van der Waals surface area contributed by atoms with Crippen molar-refractivity contribution in [2.75, 3.05) is 13.4 Å². The minimum Gasteiger partial charge on any atom is -0.465 e. The zero-order chi connectivity index (χ0) is 16.2. The van der Waals surface area contributed by atoms with Gasteiger partial charge in [-0.2, -0.15) is 0 Å². The average molecular weight is 312 g/mol. The van der Waals surface area contributed by atoms with Crippen LogP contribution in [0.5, 0.6) is 0 Å². The third kappa shape index (κ3) is 4.06. The topological polar surface area (TPSA) is 60.4 Å². The Labute approximate surface area is 127 Å². The van der Waals surface area contributed by atoms with E-state index in [2.05, 4.69) is 0 Å². The van der Waals surface area contributed by atoms with Crippen LogP contribution in [0.4, 0.5) is 0 Å². The van der Waals surface area contributed by atoms with Gasteiger partial charge in [0.15, 0.2) is 9.84 Å². The molecule has 0 N–H and O–H groups in total. The first kappa shape index (κ1) is 17.7. The molecule has 0 spiro atoms. The Morgan fingerprint density at radius 1 is 1.29 bits per heavy atom. The molecule has 0 bridgehead atoms. The van der Waals surface area contributed by atoms with Gasteiger partial charge in [-0.25, -0.2) is 13.2 Å². The maximum Gasteiger partial charge on any atom is 0.338 e. The summed E-state index contributed by atoms with van der Waals surface area (Å²) >= 11 is 0. The van der Waals surface area contributed by atoms with Crippen LogP contribution in [0.25, 0.3) is 0 Å². The zero-order valence-electron chi connectivity index (χ0n) is 13.4. The summed E-state index contributed by atoms with van der Waals surface area (Å²) in [5, 5.41) is 0.